The Morgan fingerprint density at radius 2 is 1.88 bits per heavy atom. The van der Waals surface area contributed by atoms with Crippen LogP contribution in [0.1, 0.15) is 10.4 Å². The standard InChI is InChI=1S/C11H16N2O3/c1-13(2)11(14)8-5-7(12)6-9(15-3)10(8)16-4/h5-6H,12H2,1-4H3. The minimum atomic E-state index is -0.178. The highest BCUT2D eigenvalue weighted by atomic mass is 16.5. The second kappa shape index (κ2) is 4.74. The predicted octanol–water partition coefficient (Wildman–Crippen LogP) is 0.988. The molecule has 1 rings (SSSR count). The lowest BCUT2D eigenvalue weighted by Crippen LogP contribution is -2.22. The smallest absolute Gasteiger partial charge is 0.257 e. The Morgan fingerprint density at radius 3 is 2.31 bits per heavy atom. The summed E-state index contributed by atoms with van der Waals surface area (Å²) < 4.78 is 10.3. The van der Waals surface area contributed by atoms with Gasteiger partial charge in [-0.2, -0.15) is 0 Å². The molecule has 88 valence electrons. The van der Waals surface area contributed by atoms with E-state index >= 15 is 0 Å². The third-order valence-electron chi connectivity index (χ3n) is 2.14. The highest BCUT2D eigenvalue weighted by Crippen LogP contribution is 2.34. The van der Waals surface area contributed by atoms with Gasteiger partial charge in [0.2, 0.25) is 0 Å². The maximum atomic E-state index is 11.9. The van der Waals surface area contributed by atoms with Gasteiger partial charge in [0.05, 0.1) is 19.8 Å². The number of nitrogen functional groups attached to an aromatic ring is 1. The Hall–Kier alpha value is -1.91. The van der Waals surface area contributed by atoms with E-state index in [9.17, 15) is 4.79 Å². The number of nitrogens with two attached hydrogens (primary N) is 1. The van der Waals surface area contributed by atoms with Crippen molar-refractivity contribution in [2.75, 3.05) is 34.0 Å². The molecular formula is C11H16N2O3. The molecule has 0 spiro atoms. The van der Waals surface area contributed by atoms with Crippen LogP contribution in [0, 0.1) is 0 Å². The molecule has 1 aromatic rings. The Labute approximate surface area is 94.7 Å². The Morgan fingerprint density at radius 1 is 1.25 bits per heavy atom. The van der Waals surface area contributed by atoms with Crippen LogP contribution in [0.2, 0.25) is 0 Å². The fourth-order valence-electron chi connectivity index (χ4n) is 1.39. The molecule has 16 heavy (non-hydrogen) atoms. The van der Waals surface area contributed by atoms with Crippen molar-refractivity contribution in [1.29, 1.82) is 0 Å². The van der Waals surface area contributed by atoms with Gasteiger partial charge in [-0.15, -0.1) is 0 Å². The number of benzene rings is 1. The summed E-state index contributed by atoms with van der Waals surface area (Å²) in [6, 6.07) is 3.19. The van der Waals surface area contributed by atoms with Crippen molar-refractivity contribution >= 4 is 11.6 Å². The van der Waals surface area contributed by atoms with Gasteiger partial charge >= 0.3 is 0 Å². The molecular weight excluding hydrogens is 208 g/mol. The molecule has 0 radical (unpaired) electrons. The number of carbonyl (C=O) groups is 1. The summed E-state index contributed by atoms with van der Waals surface area (Å²) in [7, 11) is 6.32. The van der Waals surface area contributed by atoms with Crippen molar-refractivity contribution in [1.82, 2.24) is 4.90 Å². The van der Waals surface area contributed by atoms with E-state index in [1.807, 2.05) is 0 Å². The molecule has 1 amide bonds. The first-order chi connectivity index (χ1) is 7.51. The average molecular weight is 224 g/mol. The van der Waals surface area contributed by atoms with Crippen molar-refractivity contribution in [3.8, 4) is 11.5 Å². The lowest BCUT2D eigenvalue weighted by Gasteiger charge is -2.16. The fraction of sp³-hybridized carbons (Fsp3) is 0.364. The predicted molar refractivity (Wildman–Crippen MR) is 62.0 cm³/mol. The van der Waals surface area contributed by atoms with Gasteiger partial charge in [-0.1, -0.05) is 0 Å². The number of hydrogen-bond acceptors (Lipinski definition) is 4. The third kappa shape index (κ3) is 2.18. The van der Waals surface area contributed by atoms with Crippen molar-refractivity contribution in [2.45, 2.75) is 0 Å². The van der Waals surface area contributed by atoms with Crippen molar-refractivity contribution in [3.63, 3.8) is 0 Å². The summed E-state index contributed by atoms with van der Waals surface area (Å²) >= 11 is 0. The van der Waals surface area contributed by atoms with Crippen LogP contribution in [0.3, 0.4) is 0 Å². The van der Waals surface area contributed by atoms with Gasteiger partial charge < -0.3 is 20.1 Å². The third-order valence-corrected chi connectivity index (χ3v) is 2.14. The zero-order valence-electron chi connectivity index (χ0n) is 9.90. The number of anilines is 1. The summed E-state index contributed by atoms with van der Waals surface area (Å²) in [5.41, 5.74) is 6.54. The quantitative estimate of drug-likeness (QED) is 0.777. The van der Waals surface area contributed by atoms with E-state index in [4.69, 9.17) is 15.2 Å². The second-order valence-corrected chi connectivity index (χ2v) is 3.50. The molecule has 0 heterocycles. The molecule has 1 aromatic carbocycles. The highest BCUT2D eigenvalue weighted by molar-refractivity contribution is 5.98. The largest absolute Gasteiger partial charge is 0.493 e. The van der Waals surface area contributed by atoms with Gasteiger partial charge in [0.1, 0.15) is 0 Å². The summed E-state index contributed by atoms with van der Waals surface area (Å²) in [6.45, 7) is 0. The molecule has 0 aliphatic carbocycles. The Bertz CT molecular complexity index is 402. The van der Waals surface area contributed by atoms with Gasteiger partial charge in [-0.3, -0.25) is 4.79 Å². The van der Waals surface area contributed by atoms with E-state index in [0.29, 0.717) is 22.7 Å². The first-order valence-electron chi connectivity index (χ1n) is 4.74. The lowest BCUT2D eigenvalue weighted by atomic mass is 10.1. The van der Waals surface area contributed by atoms with Crippen LogP contribution in [-0.2, 0) is 0 Å². The van der Waals surface area contributed by atoms with E-state index in [1.54, 1.807) is 26.2 Å². The van der Waals surface area contributed by atoms with Crippen LogP contribution >= 0.6 is 0 Å². The number of carbonyl (C=O) groups excluding carboxylic acids is 1. The van der Waals surface area contributed by atoms with Gasteiger partial charge in [0.25, 0.3) is 5.91 Å². The topological polar surface area (TPSA) is 64.8 Å². The van der Waals surface area contributed by atoms with Crippen LogP contribution in [0.5, 0.6) is 11.5 Å². The second-order valence-electron chi connectivity index (χ2n) is 3.50. The van der Waals surface area contributed by atoms with E-state index in [0.717, 1.165) is 0 Å². The van der Waals surface area contributed by atoms with Crippen LogP contribution in [-0.4, -0.2) is 39.1 Å². The minimum Gasteiger partial charge on any atom is -0.493 e. The molecule has 0 unspecified atom stereocenters. The van der Waals surface area contributed by atoms with Crippen LogP contribution in [0.25, 0.3) is 0 Å². The lowest BCUT2D eigenvalue weighted by molar-refractivity contribution is 0.0823. The summed E-state index contributed by atoms with van der Waals surface area (Å²) in [4.78, 5) is 13.3. The van der Waals surface area contributed by atoms with E-state index in [-0.39, 0.29) is 5.91 Å². The normalized spacial score (nSPS) is 9.75. The first kappa shape index (κ1) is 12.2. The van der Waals surface area contributed by atoms with Crippen molar-refractivity contribution < 1.29 is 14.3 Å². The summed E-state index contributed by atoms with van der Waals surface area (Å²) in [5.74, 6) is 0.672. The molecule has 5 heteroatoms. The Kier molecular flexibility index (Phi) is 3.60. The fourth-order valence-corrected chi connectivity index (χ4v) is 1.39. The first-order valence-corrected chi connectivity index (χ1v) is 4.74. The SMILES string of the molecule is COc1cc(N)cc(C(=O)N(C)C)c1OC. The molecule has 5 nitrogen and oxygen atoms in total. The number of hydrogen-bond donors (Lipinski definition) is 1. The number of amides is 1. The zero-order chi connectivity index (χ0) is 12.3. The molecule has 0 atom stereocenters. The van der Waals surface area contributed by atoms with Crippen molar-refractivity contribution in [2.24, 2.45) is 0 Å². The zero-order valence-corrected chi connectivity index (χ0v) is 9.90. The number of methoxy groups -OCH3 is 2. The Balaban J connectivity index is 3.36. The molecule has 0 fully saturated rings. The molecule has 2 N–H and O–H groups in total. The number of ether oxygens (including phenoxy) is 2. The van der Waals surface area contributed by atoms with Gasteiger partial charge in [0.15, 0.2) is 11.5 Å². The molecule has 0 bridgehead atoms. The summed E-state index contributed by atoms with van der Waals surface area (Å²) in [5, 5.41) is 0. The highest BCUT2D eigenvalue weighted by Gasteiger charge is 2.19. The average Bonchev–Trinajstić information content (AvgIpc) is 2.26. The van der Waals surface area contributed by atoms with Crippen LogP contribution < -0.4 is 15.2 Å². The van der Waals surface area contributed by atoms with Gasteiger partial charge in [-0.05, 0) is 6.07 Å². The molecule has 0 saturated carbocycles. The monoisotopic (exact) mass is 224 g/mol. The molecule has 0 aliphatic heterocycles. The minimum absolute atomic E-state index is 0.178. The van der Waals surface area contributed by atoms with Crippen LogP contribution in [0.4, 0.5) is 5.69 Å². The number of rotatable bonds is 3. The number of nitrogens with zero attached hydrogens (tertiary/aromatic N) is 1. The maximum Gasteiger partial charge on any atom is 0.257 e. The molecule has 0 saturated heterocycles. The van der Waals surface area contributed by atoms with E-state index in [2.05, 4.69) is 0 Å². The maximum absolute atomic E-state index is 11.9. The van der Waals surface area contributed by atoms with Gasteiger partial charge in [-0.25, -0.2) is 0 Å². The molecule has 0 aromatic heterocycles. The van der Waals surface area contributed by atoms with Crippen molar-refractivity contribution in [3.05, 3.63) is 17.7 Å². The summed E-state index contributed by atoms with van der Waals surface area (Å²) in [6.07, 6.45) is 0. The van der Waals surface area contributed by atoms with E-state index < -0.39 is 0 Å². The molecule has 0 aliphatic rings. The van der Waals surface area contributed by atoms with Crippen LogP contribution in [0.15, 0.2) is 12.1 Å². The van der Waals surface area contributed by atoms with Gasteiger partial charge in [0, 0.05) is 25.8 Å². The van der Waals surface area contributed by atoms with E-state index in [1.165, 1.54) is 19.1 Å².